The highest BCUT2D eigenvalue weighted by molar-refractivity contribution is 7.90. The van der Waals surface area contributed by atoms with Gasteiger partial charge in [0.15, 0.2) is 0 Å². The van der Waals surface area contributed by atoms with Crippen molar-refractivity contribution in [1.82, 2.24) is 19.3 Å². The number of halogens is 2. The summed E-state index contributed by atoms with van der Waals surface area (Å²) in [6.45, 7) is 2.25. The van der Waals surface area contributed by atoms with Crippen LogP contribution in [0.3, 0.4) is 0 Å². The lowest BCUT2D eigenvalue weighted by Gasteiger charge is -2.11. The van der Waals surface area contributed by atoms with E-state index in [4.69, 9.17) is 0 Å². The van der Waals surface area contributed by atoms with Crippen LogP contribution in [0, 0.1) is 12.7 Å². The zero-order valence-corrected chi connectivity index (χ0v) is 18.5. The average molecular weight is 462 g/mol. The summed E-state index contributed by atoms with van der Waals surface area (Å²) in [5.41, 5.74) is 3.80. The molecule has 7 nitrogen and oxygen atoms in total. The van der Waals surface area contributed by atoms with Gasteiger partial charge in [0.05, 0.1) is 22.9 Å². The van der Waals surface area contributed by atoms with E-state index in [1.807, 2.05) is 0 Å². The molecule has 31 heavy (non-hydrogen) atoms. The number of aryl methyl sites for hydroxylation is 1. The average Bonchev–Trinajstić information content (AvgIpc) is 3.10. The molecule has 0 aliphatic rings. The topological polar surface area (TPSA) is 88.9 Å². The molecule has 4 aromatic rings. The Morgan fingerprint density at radius 2 is 1.97 bits per heavy atom. The van der Waals surface area contributed by atoms with Crippen molar-refractivity contribution >= 4 is 44.8 Å². The summed E-state index contributed by atoms with van der Waals surface area (Å²) in [6.07, 6.45) is 6.04. The molecule has 0 saturated carbocycles. The van der Waals surface area contributed by atoms with Crippen LogP contribution in [0.25, 0.3) is 11.0 Å². The van der Waals surface area contributed by atoms with Crippen molar-refractivity contribution in [3.63, 3.8) is 0 Å². The van der Waals surface area contributed by atoms with Crippen LogP contribution in [0.4, 0.5) is 15.8 Å². The first-order valence-electron chi connectivity index (χ1n) is 9.23. The molecule has 0 fully saturated rings. The minimum atomic E-state index is -3.86. The second-order valence-electron chi connectivity index (χ2n) is 6.85. The van der Waals surface area contributed by atoms with E-state index in [0.717, 1.165) is 11.1 Å². The molecule has 3 aromatic heterocycles. The lowest BCUT2D eigenvalue weighted by Crippen LogP contribution is -2.12. The summed E-state index contributed by atoms with van der Waals surface area (Å²) in [5.74, 6) is -0.320. The SMILES string of the molecule is CNCc1cn(S(=O)(=O)c2cccnc2)c2cc(Nc3ccc(F)cc3C)cnc12.Cl. The Morgan fingerprint density at radius 3 is 2.65 bits per heavy atom. The van der Waals surface area contributed by atoms with E-state index in [-0.39, 0.29) is 23.1 Å². The number of nitrogens with one attached hydrogen (secondary N) is 2. The minimum Gasteiger partial charge on any atom is -0.354 e. The van der Waals surface area contributed by atoms with Gasteiger partial charge in [-0.2, -0.15) is 0 Å². The third kappa shape index (κ3) is 4.39. The number of nitrogens with zero attached hydrogens (tertiary/aromatic N) is 3. The third-order valence-corrected chi connectivity index (χ3v) is 6.37. The molecule has 0 spiro atoms. The van der Waals surface area contributed by atoms with Gasteiger partial charge in [0.25, 0.3) is 10.0 Å². The fraction of sp³-hybridized carbons (Fsp3) is 0.143. The van der Waals surface area contributed by atoms with Crippen molar-refractivity contribution in [1.29, 1.82) is 0 Å². The molecular formula is C21H21ClFN5O2S. The van der Waals surface area contributed by atoms with Gasteiger partial charge in [0, 0.05) is 36.4 Å². The van der Waals surface area contributed by atoms with E-state index in [9.17, 15) is 12.8 Å². The lowest BCUT2D eigenvalue weighted by atomic mass is 10.2. The molecule has 0 unspecified atom stereocenters. The molecule has 0 saturated heterocycles. The summed E-state index contributed by atoms with van der Waals surface area (Å²) in [6, 6.07) is 9.22. The number of anilines is 2. The highest BCUT2D eigenvalue weighted by Gasteiger charge is 2.22. The quantitative estimate of drug-likeness (QED) is 0.451. The predicted octanol–water partition coefficient (Wildman–Crippen LogP) is 4.00. The highest BCUT2D eigenvalue weighted by Crippen LogP contribution is 2.28. The number of benzene rings is 1. The smallest absolute Gasteiger partial charge is 0.269 e. The van der Waals surface area contributed by atoms with Crippen molar-refractivity contribution in [2.75, 3.05) is 12.4 Å². The molecule has 3 heterocycles. The van der Waals surface area contributed by atoms with Crippen molar-refractivity contribution in [3.8, 4) is 0 Å². The second-order valence-corrected chi connectivity index (χ2v) is 8.67. The van der Waals surface area contributed by atoms with E-state index in [2.05, 4.69) is 20.6 Å². The molecule has 4 rings (SSSR count). The van der Waals surface area contributed by atoms with Crippen LogP contribution in [-0.4, -0.2) is 29.4 Å². The monoisotopic (exact) mass is 461 g/mol. The molecular weight excluding hydrogens is 441 g/mol. The summed E-state index contributed by atoms with van der Waals surface area (Å²) < 4.78 is 41.1. The first-order chi connectivity index (χ1) is 14.4. The van der Waals surface area contributed by atoms with Crippen LogP contribution in [-0.2, 0) is 16.6 Å². The van der Waals surface area contributed by atoms with Crippen LogP contribution in [0.2, 0.25) is 0 Å². The Balaban J connectivity index is 0.00000272. The Kier molecular flexibility index (Phi) is 6.59. The Bertz CT molecular complexity index is 1330. The molecule has 1 aromatic carbocycles. The van der Waals surface area contributed by atoms with Gasteiger partial charge in [-0.1, -0.05) is 0 Å². The first kappa shape index (κ1) is 22.7. The van der Waals surface area contributed by atoms with Crippen molar-refractivity contribution < 1.29 is 12.8 Å². The zero-order valence-electron chi connectivity index (χ0n) is 16.8. The Labute approximate surface area is 185 Å². The zero-order chi connectivity index (χ0) is 21.3. The van der Waals surface area contributed by atoms with Crippen molar-refractivity contribution in [2.24, 2.45) is 0 Å². The largest absolute Gasteiger partial charge is 0.354 e. The predicted molar refractivity (Wildman–Crippen MR) is 121 cm³/mol. The molecule has 0 aliphatic heterocycles. The van der Waals surface area contributed by atoms with Crippen LogP contribution >= 0.6 is 12.4 Å². The Hall–Kier alpha value is -3.01. The van der Waals surface area contributed by atoms with Gasteiger partial charge in [-0.25, -0.2) is 16.8 Å². The second kappa shape index (κ2) is 9.01. The summed E-state index contributed by atoms with van der Waals surface area (Å²) in [4.78, 5) is 8.51. The maximum absolute atomic E-state index is 13.4. The van der Waals surface area contributed by atoms with Crippen LogP contribution in [0.15, 0.2) is 66.1 Å². The molecule has 0 atom stereocenters. The van der Waals surface area contributed by atoms with E-state index in [1.54, 1.807) is 44.6 Å². The normalized spacial score (nSPS) is 11.3. The van der Waals surface area contributed by atoms with Gasteiger partial charge in [-0.3, -0.25) is 9.97 Å². The fourth-order valence-electron chi connectivity index (χ4n) is 3.26. The maximum atomic E-state index is 13.4. The Morgan fingerprint density at radius 1 is 1.16 bits per heavy atom. The molecule has 0 radical (unpaired) electrons. The molecule has 0 bridgehead atoms. The number of rotatable bonds is 6. The van der Waals surface area contributed by atoms with Gasteiger partial charge < -0.3 is 10.6 Å². The van der Waals surface area contributed by atoms with Crippen LogP contribution in [0.1, 0.15) is 11.1 Å². The first-order valence-corrected chi connectivity index (χ1v) is 10.7. The highest BCUT2D eigenvalue weighted by atomic mass is 35.5. The van der Waals surface area contributed by atoms with Gasteiger partial charge in [-0.05, 0) is 55.9 Å². The number of fused-ring (bicyclic) bond motifs is 1. The van der Waals surface area contributed by atoms with Gasteiger partial charge in [0.1, 0.15) is 10.7 Å². The number of hydrogen-bond donors (Lipinski definition) is 2. The summed E-state index contributed by atoms with van der Waals surface area (Å²) in [5, 5.41) is 6.22. The van der Waals surface area contributed by atoms with Gasteiger partial charge in [0.2, 0.25) is 0 Å². The molecule has 0 amide bonds. The fourth-order valence-corrected chi connectivity index (χ4v) is 4.60. The van der Waals surface area contributed by atoms with Crippen LogP contribution in [0.5, 0.6) is 0 Å². The van der Waals surface area contributed by atoms with Crippen LogP contribution < -0.4 is 10.6 Å². The van der Waals surface area contributed by atoms with E-state index < -0.39 is 10.0 Å². The van der Waals surface area contributed by atoms with E-state index in [1.165, 1.54) is 34.6 Å². The standard InChI is InChI=1S/C21H20FN5O2S.ClH/c1-14-8-16(22)5-6-19(14)26-17-9-20-21(25-11-17)15(10-23-2)13-27(20)30(28,29)18-4-3-7-24-12-18;/h3-9,11-13,23,26H,10H2,1-2H3;1H. The number of aromatic nitrogens is 3. The molecule has 10 heteroatoms. The molecule has 0 aliphatic carbocycles. The lowest BCUT2D eigenvalue weighted by molar-refractivity contribution is 0.588. The van der Waals surface area contributed by atoms with Gasteiger partial charge >= 0.3 is 0 Å². The third-order valence-electron chi connectivity index (χ3n) is 4.71. The van der Waals surface area contributed by atoms with Gasteiger partial charge in [-0.15, -0.1) is 12.4 Å². The molecule has 162 valence electrons. The maximum Gasteiger partial charge on any atom is 0.269 e. The summed E-state index contributed by atoms with van der Waals surface area (Å²) >= 11 is 0. The van der Waals surface area contributed by atoms with E-state index in [0.29, 0.717) is 29.0 Å². The minimum absolute atomic E-state index is 0. The van der Waals surface area contributed by atoms with E-state index >= 15 is 0 Å². The number of pyridine rings is 2. The van der Waals surface area contributed by atoms with Crippen molar-refractivity contribution in [3.05, 3.63) is 78.1 Å². The number of hydrogen-bond acceptors (Lipinski definition) is 6. The molecule has 2 N–H and O–H groups in total. The van der Waals surface area contributed by atoms with Crippen molar-refractivity contribution in [2.45, 2.75) is 18.4 Å². The summed E-state index contributed by atoms with van der Waals surface area (Å²) in [7, 11) is -2.07.